The van der Waals surface area contributed by atoms with Crippen molar-refractivity contribution in [2.24, 2.45) is 0 Å². The second kappa shape index (κ2) is 6.76. The monoisotopic (exact) mass is 337 g/mol. The molecule has 3 heterocycles. The van der Waals surface area contributed by atoms with E-state index in [4.69, 9.17) is 0 Å². The average molecular weight is 337 g/mol. The van der Waals surface area contributed by atoms with E-state index in [9.17, 15) is 4.79 Å². The van der Waals surface area contributed by atoms with Crippen molar-refractivity contribution in [3.63, 3.8) is 0 Å². The highest BCUT2D eigenvalue weighted by molar-refractivity contribution is 5.86. The first kappa shape index (κ1) is 15.4. The van der Waals surface area contributed by atoms with Crippen LogP contribution in [0.5, 0.6) is 0 Å². The topological polar surface area (TPSA) is 90.0 Å². The molecule has 0 saturated carbocycles. The third-order valence-electron chi connectivity index (χ3n) is 4.38. The van der Waals surface area contributed by atoms with Crippen molar-refractivity contribution in [2.75, 3.05) is 31.1 Å². The zero-order valence-electron chi connectivity index (χ0n) is 13.7. The van der Waals surface area contributed by atoms with E-state index in [1.165, 1.54) is 6.33 Å². The predicted octanol–water partition coefficient (Wildman–Crippen LogP) is 1.38. The number of nitrogens with one attached hydrogen (secondary N) is 2. The first-order valence-electron chi connectivity index (χ1n) is 8.27. The van der Waals surface area contributed by atoms with Crippen molar-refractivity contribution in [3.05, 3.63) is 48.4 Å². The molecule has 0 unspecified atom stereocenters. The summed E-state index contributed by atoms with van der Waals surface area (Å²) >= 11 is 0. The lowest BCUT2D eigenvalue weighted by atomic mass is 10.2. The van der Waals surface area contributed by atoms with E-state index < -0.39 is 0 Å². The van der Waals surface area contributed by atoms with Gasteiger partial charge >= 0.3 is 6.03 Å². The summed E-state index contributed by atoms with van der Waals surface area (Å²) in [5, 5.41) is 10.8. The van der Waals surface area contributed by atoms with Crippen LogP contribution < -0.4 is 10.2 Å². The number of rotatable bonds is 3. The molecule has 8 nitrogen and oxygen atoms in total. The van der Waals surface area contributed by atoms with Crippen LogP contribution in [0.4, 0.5) is 10.6 Å². The van der Waals surface area contributed by atoms with Gasteiger partial charge in [-0.25, -0.2) is 14.8 Å². The number of amides is 2. The largest absolute Gasteiger partial charge is 0.352 e. The number of nitrogens with zero attached hydrogens (tertiary/aromatic N) is 5. The van der Waals surface area contributed by atoms with E-state index in [1.54, 1.807) is 6.20 Å². The zero-order valence-corrected chi connectivity index (χ0v) is 13.7. The maximum absolute atomic E-state index is 12.3. The van der Waals surface area contributed by atoms with E-state index >= 15 is 0 Å². The number of hydrogen-bond acceptors (Lipinski definition) is 5. The molecule has 128 valence electrons. The molecule has 0 spiro atoms. The first-order valence-corrected chi connectivity index (χ1v) is 8.27. The Bertz CT molecular complexity index is 856. The molecule has 1 aliphatic rings. The van der Waals surface area contributed by atoms with Gasteiger partial charge in [-0.1, -0.05) is 30.3 Å². The normalized spacial score (nSPS) is 14.7. The van der Waals surface area contributed by atoms with Crippen molar-refractivity contribution in [2.45, 2.75) is 6.54 Å². The Morgan fingerprint density at radius 1 is 1.12 bits per heavy atom. The fourth-order valence-corrected chi connectivity index (χ4v) is 3.01. The predicted molar refractivity (Wildman–Crippen MR) is 94.1 cm³/mol. The molecule has 1 fully saturated rings. The lowest BCUT2D eigenvalue weighted by Gasteiger charge is -2.35. The van der Waals surface area contributed by atoms with Gasteiger partial charge in [-0.05, 0) is 5.56 Å². The van der Waals surface area contributed by atoms with Gasteiger partial charge in [0.05, 0.1) is 11.6 Å². The number of piperazine rings is 1. The summed E-state index contributed by atoms with van der Waals surface area (Å²) in [4.78, 5) is 24.9. The molecule has 3 aromatic rings. The number of H-pyrrole nitrogens is 1. The van der Waals surface area contributed by atoms with Crippen LogP contribution in [0.2, 0.25) is 0 Å². The number of urea groups is 1. The number of carbonyl (C=O) groups is 1. The van der Waals surface area contributed by atoms with Gasteiger partial charge < -0.3 is 15.1 Å². The van der Waals surface area contributed by atoms with E-state index in [0.717, 1.165) is 35.5 Å². The van der Waals surface area contributed by atoms with Crippen molar-refractivity contribution in [1.29, 1.82) is 0 Å². The van der Waals surface area contributed by atoms with Crippen molar-refractivity contribution in [3.8, 4) is 0 Å². The molecular formula is C17H19N7O. The van der Waals surface area contributed by atoms with Gasteiger partial charge in [0.2, 0.25) is 0 Å². The summed E-state index contributed by atoms with van der Waals surface area (Å²) in [5.74, 6) is 0.864. The van der Waals surface area contributed by atoms with Gasteiger partial charge in [-0.3, -0.25) is 5.10 Å². The van der Waals surface area contributed by atoms with Crippen LogP contribution in [0.1, 0.15) is 5.56 Å². The Kier molecular flexibility index (Phi) is 4.16. The molecule has 0 bridgehead atoms. The van der Waals surface area contributed by atoms with E-state index in [-0.39, 0.29) is 6.03 Å². The first-order chi connectivity index (χ1) is 12.3. The molecule has 8 heteroatoms. The quantitative estimate of drug-likeness (QED) is 0.754. The number of benzene rings is 1. The van der Waals surface area contributed by atoms with Crippen LogP contribution in [0.3, 0.4) is 0 Å². The van der Waals surface area contributed by atoms with Crippen LogP contribution in [0.15, 0.2) is 42.9 Å². The minimum atomic E-state index is -0.0281. The molecule has 0 atom stereocenters. The van der Waals surface area contributed by atoms with Gasteiger partial charge in [-0.15, -0.1) is 0 Å². The molecule has 4 rings (SSSR count). The number of aromatic amines is 1. The minimum Gasteiger partial charge on any atom is -0.352 e. The lowest BCUT2D eigenvalue weighted by Crippen LogP contribution is -2.52. The molecular weight excluding hydrogens is 318 g/mol. The Morgan fingerprint density at radius 2 is 1.92 bits per heavy atom. The molecule has 2 aromatic heterocycles. The highest BCUT2D eigenvalue weighted by atomic mass is 16.2. The molecule has 1 saturated heterocycles. The number of fused-ring (bicyclic) bond motifs is 1. The maximum atomic E-state index is 12.3. The van der Waals surface area contributed by atoms with E-state index in [2.05, 4.69) is 30.4 Å². The SMILES string of the molecule is O=C(NCc1ccccc1)N1CCN(c2ncnc3[nH]ncc23)CC1. The molecule has 2 N–H and O–H groups in total. The van der Waals surface area contributed by atoms with Crippen molar-refractivity contribution >= 4 is 22.9 Å². The third-order valence-corrected chi connectivity index (χ3v) is 4.38. The number of anilines is 1. The average Bonchev–Trinajstić information content (AvgIpc) is 3.16. The van der Waals surface area contributed by atoms with Crippen LogP contribution >= 0.6 is 0 Å². The summed E-state index contributed by atoms with van der Waals surface area (Å²) < 4.78 is 0. The fourth-order valence-electron chi connectivity index (χ4n) is 3.01. The van der Waals surface area contributed by atoms with Gasteiger partial charge in [0.15, 0.2) is 5.65 Å². The summed E-state index contributed by atoms with van der Waals surface area (Å²) in [6.45, 7) is 3.32. The smallest absolute Gasteiger partial charge is 0.317 e. The van der Waals surface area contributed by atoms with E-state index in [1.807, 2.05) is 35.2 Å². The van der Waals surface area contributed by atoms with Crippen molar-refractivity contribution in [1.82, 2.24) is 30.4 Å². The maximum Gasteiger partial charge on any atom is 0.317 e. The van der Waals surface area contributed by atoms with E-state index in [0.29, 0.717) is 19.6 Å². The van der Waals surface area contributed by atoms with Gasteiger partial charge in [0.1, 0.15) is 12.1 Å². The Balaban J connectivity index is 1.35. The lowest BCUT2D eigenvalue weighted by molar-refractivity contribution is 0.194. The molecule has 1 aliphatic heterocycles. The van der Waals surface area contributed by atoms with Gasteiger partial charge in [0, 0.05) is 32.7 Å². The second-order valence-electron chi connectivity index (χ2n) is 5.95. The Hall–Kier alpha value is -3.16. The standard InChI is InChI=1S/C17H19N7O/c25-17(18-10-13-4-2-1-3-5-13)24-8-6-23(7-9-24)16-14-11-21-22-15(14)19-12-20-16/h1-5,11-12H,6-10H2,(H,18,25)(H,19,20,21,22). The summed E-state index contributed by atoms with van der Waals surface area (Å²) in [6, 6.07) is 9.89. The van der Waals surface area contributed by atoms with Crippen LogP contribution in [-0.2, 0) is 6.54 Å². The molecule has 1 aromatic carbocycles. The van der Waals surface area contributed by atoms with Gasteiger partial charge in [-0.2, -0.15) is 5.10 Å². The third kappa shape index (κ3) is 3.23. The Labute approximate surface area is 144 Å². The van der Waals surface area contributed by atoms with Crippen LogP contribution in [0, 0.1) is 0 Å². The highest BCUT2D eigenvalue weighted by Gasteiger charge is 2.23. The molecule has 25 heavy (non-hydrogen) atoms. The molecule has 0 radical (unpaired) electrons. The fraction of sp³-hybridized carbons (Fsp3) is 0.294. The molecule has 2 amide bonds. The summed E-state index contributed by atoms with van der Waals surface area (Å²) in [6.07, 6.45) is 3.28. The zero-order chi connectivity index (χ0) is 17.1. The number of aromatic nitrogens is 4. The van der Waals surface area contributed by atoms with Crippen LogP contribution in [0.25, 0.3) is 11.0 Å². The number of carbonyl (C=O) groups excluding carboxylic acids is 1. The highest BCUT2D eigenvalue weighted by Crippen LogP contribution is 2.22. The summed E-state index contributed by atoms with van der Waals surface area (Å²) in [5.41, 5.74) is 1.82. The minimum absolute atomic E-state index is 0.0281. The van der Waals surface area contributed by atoms with Gasteiger partial charge in [0.25, 0.3) is 0 Å². The Morgan fingerprint density at radius 3 is 2.72 bits per heavy atom. The summed E-state index contributed by atoms with van der Waals surface area (Å²) in [7, 11) is 0. The van der Waals surface area contributed by atoms with Crippen LogP contribution in [-0.4, -0.2) is 57.3 Å². The number of hydrogen-bond donors (Lipinski definition) is 2. The van der Waals surface area contributed by atoms with Crippen molar-refractivity contribution < 1.29 is 4.79 Å². The second-order valence-corrected chi connectivity index (χ2v) is 5.95. The molecule has 0 aliphatic carbocycles.